The van der Waals surface area contributed by atoms with E-state index >= 15 is 0 Å². The number of nitrogens with one attached hydrogen (secondary N) is 1. The summed E-state index contributed by atoms with van der Waals surface area (Å²) < 4.78 is 29.0. The van der Waals surface area contributed by atoms with Crippen molar-refractivity contribution in [2.75, 3.05) is 5.32 Å². The molecule has 1 N–H and O–H groups in total. The highest BCUT2D eigenvalue weighted by atomic mass is 79.9. The van der Waals surface area contributed by atoms with Crippen LogP contribution in [0, 0.1) is 18.6 Å². The zero-order chi connectivity index (χ0) is 14.0. The third-order valence-electron chi connectivity index (χ3n) is 2.62. The van der Waals surface area contributed by atoms with Crippen molar-refractivity contribution in [3.8, 4) is 0 Å². The summed E-state index contributed by atoms with van der Waals surface area (Å²) in [6.45, 7) is 4.70. The first-order valence-electron chi connectivity index (χ1n) is 5.96. The summed E-state index contributed by atoms with van der Waals surface area (Å²) in [6.07, 6.45) is 2.84. The molecule has 0 unspecified atom stereocenters. The largest absolute Gasteiger partial charge is 0.323 e. The van der Waals surface area contributed by atoms with Crippen molar-refractivity contribution in [1.82, 2.24) is 9.55 Å². The Labute approximate surface area is 118 Å². The average Bonchev–Trinajstić information content (AvgIpc) is 2.67. The molecule has 0 radical (unpaired) electrons. The van der Waals surface area contributed by atoms with Crippen molar-refractivity contribution in [2.24, 2.45) is 0 Å². The average molecular weight is 330 g/mol. The Morgan fingerprint density at radius 2 is 2.05 bits per heavy atom. The highest BCUT2D eigenvalue weighted by Gasteiger charge is 2.11. The Morgan fingerprint density at radius 3 is 2.74 bits per heavy atom. The van der Waals surface area contributed by atoms with E-state index in [1.54, 1.807) is 0 Å². The number of hydrogen-bond donors (Lipinski definition) is 1. The van der Waals surface area contributed by atoms with E-state index in [1.165, 1.54) is 6.07 Å². The van der Waals surface area contributed by atoms with E-state index in [0.717, 1.165) is 24.7 Å². The Bertz CT molecular complexity index is 596. The van der Waals surface area contributed by atoms with Crippen LogP contribution in [0.3, 0.4) is 0 Å². The molecule has 0 aliphatic carbocycles. The minimum atomic E-state index is -0.649. The number of aryl methyl sites for hydroxylation is 2. The smallest absolute Gasteiger partial charge is 0.207 e. The molecule has 0 fully saturated rings. The minimum absolute atomic E-state index is 0.191. The summed E-state index contributed by atoms with van der Waals surface area (Å²) in [5.74, 6) is -0.725. The lowest BCUT2D eigenvalue weighted by molar-refractivity contribution is 0.581. The summed E-state index contributed by atoms with van der Waals surface area (Å²) in [6, 6.07) is 2.21. The molecule has 0 saturated heterocycles. The first-order valence-corrected chi connectivity index (χ1v) is 6.76. The van der Waals surface area contributed by atoms with E-state index in [-0.39, 0.29) is 10.2 Å². The zero-order valence-corrected chi connectivity index (χ0v) is 12.3. The topological polar surface area (TPSA) is 29.9 Å². The van der Waals surface area contributed by atoms with Gasteiger partial charge in [0.25, 0.3) is 0 Å². The van der Waals surface area contributed by atoms with Crippen LogP contribution in [-0.2, 0) is 6.54 Å². The van der Waals surface area contributed by atoms with Crippen molar-refractivity contribution in [1.29, 1.82) is 0 Å². The summed E-state index contributed by atoms with van der Waals surface area (Å²) in [7, 11) is 0. The molecule has 1 aromatic heterocycles. The lowest BCUT2D eigenvalue weighted by Crippen LogP contribution is -2.04. The molecule has 0 atom stereocenters. The third kappa shape index (κ3) is 3.12. The summed E-state index contributed by atoms with van der Waals surface area (Å²) >= 11 is 3.04. The van der Waals surface area contributed by atoms with Gasteiger partial charge in [0.2, 0.25) is 5.95 Å². The fraction of sp³-hybridized carbons (Fsp3) is 0.308. The van der Waals surface area contributed by atoms with Gasteiger partial charge in [-0.25, -0.2) is 13.8 Å². The van der Waals surface area contributed by atoms with Gasteiger partial charge in [0.05, 0.1) is 15.9 Å². The van der Waals surface area contributed by atoms with Gasteiger partial charge in [-0.3, -0.25) is 0 Å². The second kappa shape index (κ2) is 5.69. The number of benzene rings is 1. The predicted molar refractivity (Wildman–Crippen MR) is 74.6 cm³/mol. The number of imidazole rings is 1. The van der Waals surface area contributed by atoms with Gasteiger partial charge < -0.3 is 9.88 Å². The standard InChI is InChI=1S/C13H14BrF2N3/c1-3-4-19-7-8(2)17-13(19)18-12-5-9(14)10(15)6-11(12)16/h5-7H,3-4H2,1-2H3,(H,17,18). The van der Waals surface area contributed by atoms with Crippen molar-refractivity contribution in [3.05, 3.63) is 40.1 Å². The van der Waals surface area contributed by atoms with Crippen molar-refractivity contribution < 1.29 is 8.78 Å². The Hall–Kier alpha value is -1.43. The molecular formula is C13H14BrF2N3. The fourth-order valence-electron chi connectivity index (χ4n) is 1.80. The molecule has 1 aromatic carbocycles. The van der Waals surface area contributed by atoms with Gasteiger partial charge in [-0.15, -0.1) is 0 Å². The van der Waals surface area contributed by atoms with Crippen LogP contribution in [0.15, 0.2) is 22.8 Å². The van der Waals surface area contributed by atoms with E-state index in [2.05, 4.69) is 26.2 Å². The zero-order valence-electron chi connectivity index (χ0n) is 10.7. The Morgan fingerprint density at radius 1 is 1.32 bits per heavy atom. The molecule has 0 aliphatic heterocycles. The molecule has 102 valence electrons. The molecular weight excluding hydrogens is 316 g/mol. The predicted octanol–water partition coefficient (Wildman–Crippen LogP) is 4.39. The maximum Gasteiger partial charge on any atom is 0.207 e. The molecule has 0 spiro atoms. The molecule has 0 aliphatic rings. The second-order valence-corrected chi connectivity index (χ2v) is 5.12. The molecule has 3 nitrogen and oxygen atoms in total. The van der Waals surface area contributed by atoms with Gasteiger partial charge in [-0.2, -0.15) is 0 Å². The van der Waals surface area contributed by atoms with Gasteiger partial charge in [-0.05, 0) is 35.3 Å². The van der Waals surface area contributed by atoms with Crippen molar-refractivity contribution in [3.63, 3.8) is 0 Å². The molecule has 0 amide bonds. The first kappa shape index (κ1) is 14.0. The molecule has 6 heteroatoms. The summed E-state index contributed by atoms with van der Waals surface area (Å²) in [4.78, 5) is 4.29. The van der Waals surface area contributed by atoms with E-state index < -0.39 is 11.6 Å². The summed E-state index contributed by atoms with van der Waals surface area (Å²) in [5, 5.41) is 2.89. The van der Waals surface area contributed by atoms with E-state index in [0.29, 0.717) is 5.95 Å². The second-order valence-electron chi connectivity index (χ2n) is 4.27. The Balaban J connectivity index is 2.33. The number of hydrogen-bond acceptors (Lipinski definition) is 2. The van der Waals surface area contributed by atoms with Gasteiger partial charge in [0.15, 0.2) is 0 Å². The normalized spacial score (nSPS) is 10.8. The highest BCUT2D eigenvalue weighted by molar-refractivity contribution is 9.10. The SMILES string of the molecule is CCCn1cc(C)nc1Nc1cc(Br)c(F)cc1F. The van der Waals surface area contributed by atoms with Gasteiger partial charge in [-0.1, -0.05) is 6.92 Å². The monoisotopic (exact) mass is 329 g/mol. The van der Waals surface area contributed by atoms with Crippen molar-refractivity contribution >= 4 is 27.6 Å². The van der Waals surface area contributed by atoms with Gasteiger partial charge in [0.1, 0.15) is 11.6 Å². The van der Waals surface area contributed by atoms with E-state index in [1.807, 2.05) is 24.6 Å². The number of anilines is 2. The minimum Gasteiger partial charge on any atom is -0.323 e. The number of halogens is 3. The van der Waals surface area contributed by atoms with Crippen LogP contribution in [0.25, 0.3) is 0 Å². The van der Waals surface area contributed by atoms with E-state index in [4.69, 9.17) is 0 Å². The number of aromatic nitrogens is 2. The van der Waals surface area contributed by atoms with Crippen LogP contribution in [0.1, 0.15) is 19.0 Å². The number of rotatable bonds is 4. The lowest BCUT2D eigenvalue weighted by Gasteiger charge is -2.10. The van der Waals surface area contributed by atoms with Gasteiger partial charge in [0, 0.05) is 18.8 Å². The molecule has 0 bridgehead atoms. The van der Waals surface area contributed by atoms with Crippen LogP contribution in [0.5, 0.6) is 0 Å². The van der Waals surface area contributed by atoms with Crippen LogP contribution in [-0.4, -0.2) is 9.55 Å². The van der Waals surface area contributed by atoms with Gasteiger partial charge >= 0.3 is 0 Å². The quantitative estimate of drug-likeness (QED) is 0.843. The first-order chi connectivity index (χ1) is 9.01. The maximum atomic E-state index is 13.7. The maximum absolute atomic E-state index is 13.7. The molecule has 2 rings (SSSR count). The van der Waals surface area contributed by atoms with Crippen LogP contribution in [0.4, 0.5) is 20.4 Å². The molecule has 0 saturated carbocycles. The molecule has 19 heavy (non-hydrogen) atoms. The summed E-state index contributed by atoms with van der Waals surface area (Å²) in [5.41, 5.74) is 1.04. The Kier molecular flexibility index (Phi) is 4.19. The van der Waals surface area contributed by atoms with Crippen molar-refractivity contribution in [2.45, 2.75) is 26.8 Å². The molecule has 2 aromatic rings. The lowest BCUT2D eigenvalue weighted by atomic mass is 10.3. The highest BCUT2D eigenvalue weighted by Crippen LogP contribution is 2.26. The van der Waals surface area contributed by atoms with Crippen LogP contribution >= 0.6 is 15.9 Å². The fourth-order valence-corrected chi connectivity index (χ4v) is 2.14. The third-order valence-corrected chi connectivity index (χ3v) is 3.23. The number of nitrogens with zero attached hydrogens (tertiary/aromatic N) is 2. The van der Waals surface area contributed by atoms with Crippen LogP contribution < -0.4 is 5.32 Å². The molecule has 1 heterocycles. The van der Waals surface area contributed by atoms with Crippen LogP contribution in [0.2, 0.25) is 0 Å². The van der Waals surface area contributed by atoms with E-state index in [9.17, 15) is 8.78 Å².